The van der Waals surface area contributed by atoms with Gasteiger partial charge in [0.1, 0.15) is 0 Å². The van der Waals surface area contributed by atoms with Gasteiger partial charge in [-0.15, -0.1) is 0 Å². The molecular weight excluding hydrogens is 277 g/mol. The molecule has 21 heavy (non-hydrogen) atoms. The molecule has 120 valence electrons. The number of rotatable bonds is 9. The zero-order valence-electron chi connectivity index (χ0n) is 12.8. The fraction of sp³-hybridized carbons (Fsp3) is 0.625. The van der Waals surface area contributed by atoms with Crippen LogP contribution in [0.15, 0.2) is 24.3 Å². The first kappa shape index (κ1) is 17.8. The average Bonchev–Trinajstić information content (AvgIpc) is 2.44. The molecule has 5 heteroatoms. The quantitative estimate of drug-likeness (QED) is 0.682. The molecule has 0 saturated carbocycles. The highest BCUT2D eigenvalue weighted by Crippen LogP contribution is 2.21. The summed E-state index contributed by atoms with van der Waals surface area (Å²) in [5.74, 6) is 0. The summed E-state index contributed by atoms with van der Waals surface area (Å²) in [6.45, 7) is 7.53. The molecule has 0 unspecified atom stereocenters. The van der Waals surface area contributed by atoms with Gasteiger partial charge in [0.25, 0.3) is 0 Å². The summed E-state index contributed by atoms with van der Waals surface area (Å²) in [4.78, 5) is 2.27. The number of hydrogen-bond donors (Lipinski definition) is 1. The van der Waals surface area contributed by atoms with Gasteiger partial charge in [0.15, 0.2) is 0 Å². The van der Waals surface area contributed by atoms with Crippen molar-refractivity contribution in [3.05, 3.63) is 29.8 Å². The van der Waals surface area contributed by atoms with E-state index in [-0.39, 0.29) is 6.42 Å². The summed E-state index contributed by atoms with van der Waals surface area (Å²) in [6, 6.07) is 8.31. The Morgan fingerprint density at radius 2 is 1.62 bits per heavy atom. The standard InChI is InChI=1S/C16H25F3N2/c1-3-21(4-2)15-9-7-14(8-10-15)13-20-12-6-5-11-16(17,18)19/h7-10,20H,3-6,11-13H2,1-2H3. The van der Waals surface area contributed by atoms with Crippen LogP contribution in [-0.4, -0.2) is 25.8 Å². The number of nitrogens with one attached hydrogen (secondary N) is 1. The van der Waals surface area contributed by atoms with Crippen LogP contribution in [0, 0.1) is 0 Å². The number of benzene rings is 1. The number of anilines is 1. The Morgan fingerprint density at radius 3 is 2.14 bits per heavy atom. The lowest BCUT2D eigenvalue weighted by atomic mass is 10.2. The van der Waals surface area contributed by atoms with Gasteiger partial charge in [-0.05, 0) is 50.9 Å². The van der Waals surface area contributed by atoms with Crippen molar-refractivity contribution in [2.75, 3.05) is 24.5 Å². The minimum Gasteiger partial charge on any atom is -0.372 e. The minimum atomic E-state index is -4.03. The number of nitrogens with zero attached hydrogens (tertiary/aromatic N) is 1. The molecule has 2 nitrogen and oxygen atoms in total. The van der Waals surface area contributed by atoms with Crippen LogP contribution in [0.2, 0.25) is 0 Å². The maximum atomic E-state index is 12.0. The second kappa shape index (κ2) is 8.93. The van der Waals surface area contributed by atoms with Gasteiger partial charge in [-0.1, -0.05) is 12.1 Å². The van der Waals surface area contributed by atoms with Crippen LogP contribution >= 0.6 is 0 Å². The van der Waals surface area contributed by atoms with E-state index in [9.17, 15) is 13.2 Å². The molecule has 0 fully saturated rings. The third-order valence-corrected chi connectivity index (χ3v) is 3.46. The molecule has 0 aromatic heterocycles. The first-order valence-electron chi connectivity index (χ1n) is 7.57. The van der Waals surface area contributed by atoms with Gasteiger partial charge in [0.2, 0.25) is 0 Å². The highest BCUT2D eigenvalue weighted by molar-refractivity contribution is 5.47. The van der Waals surface area contributed by atoms with Gasteiger partial charge >= 0.3 is 6.18 Å². The first-order valence-corrected chi connectivity index (χ1v) is 7.57. The molecular formula is C16H25F3N2. The molecule has 0 aliphatic carbocycles. The average molecular weight is 302 g/mol. The van der Waals surface area contributed by atoms with Crippen LogP contribution in [0.5, 0.6) is 0 Å². The van der Waals surface area contributed by atoms with E-state index in [4.69, 9.17) is 0 Å². The van der Waals surface area contributed by atoms with Crippen molar-refractivity contribution < 1.29 is 13.2 Å². The summed E-state index contributed by atoms with van der Waals surface area (Å²) in [5, 5.41) is 3.18. The van der Waals surface area contributed by atoms with E-state index < -0.39 is 12.6 Å². The summed E-state index contributed by atoms with van der Waals surface area (Å²) < 4.78 is 35.9. The van der Waals surface area contributed by atoms with E-state index in [2.05, 4.69) is 48.3 Å². The number of unbranched alkanes of at least 4 members (excludes halogenated alkanes) is 1. The van der Waals surface area contributed by atoms with Crippen molar-refractivity contribution in [3.63, 3.8) is 0 Å². The number of hydrogen-bond acceptors (Lipinski definition) is 2. The third kappa shape index (κ3) is 7.37. The van der Waals surface area contributed by atoms with Crippen LogP contribution in [0.4, 0.5) is 18.9 Å². The monoisotopic (exact) mass is 302 g/mol. The van der Waals surface area contributed by atoms with Gasteiger partial charge in [0.05, 0.1) is 0 Å². The molecule has 1 aromatic carbocycles. The SMILES string of the molecule is CCN(CC)c1ccc(CNCCCCC(F)(F)F)cc1. The van der Waals surface area contributed by atoms with Gasteiger partial charge in [-0.3, -0.25) is 0 Å². The van der Waals surface area contributed by atoms with Gasteiger partial charge in [-0.25, -0.2) is 0 Å². The molecule has 0 aliphatic heterocycles. The molecule has 0 radical (unpaired) electrons. The Balaban J connectivity index is 2.24. The van der Waals surface area contributed by atoms with E-state index in [1.807, 2.05) is 0 Å². The van der Waals surface area contributed by atoms with Crippen LogP contribution in [0.1, 0.15) is 38.7 Å². The Kier molecular flexibility index (Phi) is 7.57. The molecule has 0 aliphatic rings. The van der Waals surface area contributed by atoms with Crippen molar-refractivity contribution in [2.24, 2.45) is 0 Å². The molecule has 0 heterocycles. The fourth-order valence-corrected chi connectivity index (χ4v) is 2.22. The second-order valence-corrected chi connectivity index (χ2v) is 5.09. The molecule has 1 aromatic rings. The molecule has 0 amide bonds. The zero-order chi connectivity index (χ0) is 15.7. The molecule has 1 N–H and O–H groups in total. The largest absolute Gasteiger partial charge is 0.389 e. The molecule has 0 spiro atoms. The van der Waals surface area contributed by atoms with E-state index in [0.717, 1.165) is 18.7 Å². The summed E-state index contributed by atoms with van der Waals surface area (Å²) in [5.41, 5.74) is 2.36. The van der Waals surface area contributed by atoms with Crippen molar-refractivity contribution >= 4 is 5.69 Å². The first-order chi connectivity index (χ1) is 9.96. The Morgan fingerprint density at radius 1 is 1.00 bits per heavy atom. The smallest absolute Gasteiger partial charge is 0.372 e. The molecule has 0 bridgehead atoms. The van der Waals surface area contributed by atoms with Crippen LogP contribution in [-0.2, 0) is 6.54 Å². The fourth-order valence-electron chi connectivity index (χ4n) is 2.22. The van der Waals surface area contributed by atoms with Crippen LogP contribution in [0.3, 0.4) is 0 Å². The molecule has 1 rings (SSSR count). The normalized spacial score (nSPS) is 11.7. The van der Waals surface area contributed by atoms with E-state index >= 15 is 0 Å². The van der Waals surface area contributed by atoms with E-state index in [0.29, 0.717) is 19.5 Å². The van der Waals surface area contributed by atoms with Gasteiger partial charge < -0.3 is 10.2 Å². The number of alkyl halides is 3. The Hall–Kier alpha value is -1.23. The maximum Gasteiger partial charge on any atom is 0.389 e. The Bertz CT molecular complexity index is 384. The lowest BCUT2D eigenvalue weighted by molar-refractivity contribution is -0.135. The highest BCUT2D eigenvalue weighted by atomic mass is 19.4. The molecule has 0 atom stereocenters. The van der Waals surface area contributed by atoms with Gasteiger partial charge in [-0.2, -0.15) is 13.2 Å². The maximum absolute atomic E-state index is 12.0. The topological polar surface area (TPSA) is 15.3 Å². The highest BCUT2D eigenvalue weighted by Gasteiger charge is 2.25. The lowest BCUT2D eigenvalue weighted by Crippen LogP contribution is -2.21. The predicted octanol–water partition coefficient (Wildman–Crippen LogP) is 4.36. The van der Waals surface area contributed by atoms with E-state index in [1.54, 1.807) is 0 Å². The number of halogens is 3. The summed E-state index contributed by atoms with van der Waals surface area (Å²) >= 11 is 0. The predicted molar refractivity (Wildman–Crippen MR) is 81.6 cm³/mol. The Labute approximate surface area is 125 Å². The second-order valence-electron chi connectivity index (χ2n) is 5.09. The van der Waals surface area contributed by atoms with Crippen molar-refractivity contribution in [1.82, 2.24) is 5.32 Å². The van der Waals surface area contributed by atoms with Crippen molar-refractivity contribution in [2.45, 2.75) is 45.8 Å². The van der Waals surface area contributed by atoms with Crippen molar-refractivity contribution in [3.8, 4) is 0 Å². The molecule has 0 saturated heterocycles. The zero-order valence-corrected chi connectivity index (χ0v) is 12.8. The summed E-state index contributed by atoms with van der Waals surface area (Å²) in [7, 11) is 0. The minimum absolute atomic E-state index is 0.192. The third-order valence-electron chi connectivity index (χ3n) is 3.46. The lowest BCUT2D eigenvalue weighted by Gasteiger charge is -2.21. The van der Waals surface area contributed by atoms with Crippen LogP contribution < -0.4 is 10.2 Å². The van der Waals surface area contributed by atoms with Gasteiger partial charge in [0, 0.05) is 31.7 Å². The van der Waals surface area contributed by atoms with Crippen LogP contribution in [0.25, 0.3) is 0 Å². The van der Waals surface area contributed by atoms with Crippen molar-refractivity contribution in [1.29, 1.82) is 0 Å². The summed E-state index contributed by atoms with van der Waals surface area (Å²) in [6.07, 6.45) is -3.97. The van der Waals surface area contributed by atoms with E-state index in [1.165, 1.54) is 5.69 Å².